The van der Waals surface area contributed by atoms with Crippen LogP contribution in [0.4, 0.5) is 0 Å². The third-order valence-electron chi connectivity index (χ3n) is 4.09. The van der Waals surface area contributed by atoms with E-state index in [9.17, 15) is 0 Å². The fourth-order valence-corrected chi connectivity index (χ4v) is 2.96. The first-order valence-corrected chi connectivity index (χ1v) is 8.25. The predicted octanol–water partition coefficient (Wildman–Crippen LogP) is 4.38. The Hall–Kier alpha value is -1.64. The van der Waals surface area contributed by atoms with Gasteiger partial charge in [-0.1, -0.05) is 60.7 Å². The second-order valence-electron chi connectivity index (χ2n) is 5.93. The standard InChI is InChI=1S/C20H24O2/c1-3-9-17(10-4-1)15-19(16-18-11-5-2-6-12-18)22-20-13-7-8-14-21-20/h1-6,9-12,19-20H,7-8,13-16H2. The van der Waals surface area contributed by atoms with E-state index in [0.29, 0.717) is 0 Å². The lowest BCUT2D eigenvalue weighted by atomic mass is 10.0. The SMILES string of the molecule is c1ccc(CC(Cc2ccccc2)OC2CCCCO2)cc1. The Morgan fingerprint density at radius 2 is 1.45 bits per heavy atom. The molecule has 1 fully saturated rings. The van der Waals surface area contributed by atoms with Crippen LogP contribution in [0.15, 0.2) is 60.7 Å². The molecule has 3 rings (SSSR count). The van der Waals surface area contributed by atoms with E-state index in [1.165, 1.54) is 17.5 Å². The molecular weight excluding hydrogens is 272 g/mol. The second kappa shape index (κ2) is 8.11. The van der Waals surface area contributed by atoms with Crippen LogP contribution in [0, 0.1) is 0 Å². The van der Waals surface area contributed by atoms with Gasteiger partial charge in [0.15, 0.2) is 6.29 Å². The summed E-state index contributed by atoms with van der Waals surface area (Å²) in [6, 6.07) is 21.1. The number of rotatable bonds is 6. The third-order valence-corrected chi connectivity index (χ3v) is 4.09. The molecule has 2 aromatic rings. The zero-order valence-electron chi connectivity index (χ0n) is 13.0. The Balaban J connectivity index is 1.66. The number of hydrogen-bond acceptors (Lipinski definition) is 2. The van der Waals surface area contributed by atoms with E-state index in [-0.39, 0.29) is 12.4 Å². The Bertz CT molecular complexity index is 491. The molecule has 0 aromatic heterocycles. The van der Waals surface area contributed by atoms with Gasteiger partial charge in [-0.15, -0.1) is 0 Å². The van der Waals surface area contributed by atoms with Gasteiger partial charge in [0.05, 0.1) is 6.10 Å². The summed E-state index contributed by atoms with van der Waals surface area (Å²) in [5, 5.41) is 0. The molecule has 0 radical (unpaired) electrons. The van der Waals surface area contributed by atoms with Crippen LogP contribution < -0.4 is 0 Å². The Kier molecular flexibility index (Phi) is 5.63. The lowest BCUT2D eigenvalue weighted by Crippen LogP contribution is -2.30. The summed E-state index contributed by atoms with van der Waals surface area (Å²) in [6.45, 7) is 0.827. The van der Waals surface area contributed by atoms with Crippen molar-refractivity contribution in [2.24, 2.45) is 0 Å². The van der Waals surface area contributed by atoms with E-state index in [4.69, 9.17) is 9.47 Å². The molecule has 0 spiro atoms. The van der Waals surface area contributed by atoms with Crippen LogP contribution in [0.3, 0.4) is 0 Å². The molecule has 116 valence electrons. The van der Waals surface area contributed by atoms with Crippen LogP contribution in [0.1, 0.15) is 30.4 Å². The molecule has 2 aromatic carbocycles. The van der Waals surface area contributed by atoms with Crippen molar-refractivity contribution in [1.82, 2.24) is 0 Å². The predicted molar refractivity (Wildman–Crippen MR) is 88.8 cm³/mol. The average molecular weight is 296 g/mol. The van der Waals surface area contributed by atoms with Crippen molar-refractivity contribution in [2.45, 2.75) is 44.5 Å². The van der Waals surface area contributed by atoms with Gasteiger partial charge in [-0.3, -0.25) is 0 Å². The van der Waals surface area contributed by atoms with Crippen LogP contribution in [0.25, 0.3) is 0 Å². The van der Waals surface area contributed by atoms with Gasteiger partial charge in [-0.2, -0.15) is 0 Å². The minimum Gasteiger partial charge on any atom is -0.353 e. The summed E-state index contributed by atoms with van der Waals surface area (Å²) >= 11 is 0. The van der Waals surface area contributed by atoms with E-state index in [0.717, 1.165) is 32.3 Å². The minimum atomic E-state index is -0.0359. The van der Waals surface area contributed by atoms with Crippen LogP contribution in [0.2, 0.25) is 0 Å². The topological polar surface area (TPSA) is 18.5 Å². The fourth-order valence-electron chi connectivity index (χ4n) is 2.96. The summed E-state index contributed by atoms with van der Waals surface area (Å²) in [5.41, 5.74) is 2.64. The summed E-state index contributed by atoms with van der Waals surface area (Å²) in [6.07, 6.45) is 5.35. The van der Waals surface area contributed by atoms with Crippen molar-refractivity contribution in [3.8, 4) is 0 Å². The highest BCUT2D eigenvalue weighted by Crippen LogP contribution is 2.19. The van der Waals surface area contributed by atoms with E-state index in [1.54, 1.807) is 0 Å². The van der Waals surface area contributed by atoms with E-state index >= 15 is 0 Å². The molecule has 1 unspecified atom stereocenters. The van der Waals surface area contributed by atoms with Gasteiger partial charge in [0, 0.05) is 6.61 Å². The first-order valence-electron chi connectivity index (χ1n) is 8.25. The van der Waals surface area contributed by atoms with Crippen molar-refractivity contribution >= 4 is 0 Å². The highest BCUT2D eigenvalue weighted by molar-refractivity contribution is 5.19. The van der Waals surface area contributed by atoms with Crippen molar-refractivity contribution < 1.29 is 9.47 Å². The summed E-state index contributed by atoms with van der Waals surface area (Å²) < 4.78 is 12.0. The van der Waals surface area contributed by atoms with Gasteiger partial charge in [0.1, 0.15) is 0 Å². The van der Waals surface area contributed by atoms with Gasteiger partial charge in [-0.25, -0.2) is 0 Å². The molecule has 0 N–H and O–H groups in total. The maximum atomic E-state index is 6.28. The van der Waals surface area contributed by atoms with Crippen LogP contribution in [-0.4, -0.2) is 19.0 Å². The average Bonchev–Trinajstić information content (AvgIpc) is 2.57. The van der Waals surface area contributed by atoms with Crippen molar-refractivity contribution in [2.75, 3.05) is 6.61 Å². The molecule has 0 saturated carbocycles. The first kappa shape index (κ1) is 15.3. The quantitative estimate of drug-likeness (QED) is 0.787. The van der Waals surface area contributed by atoms with Gasteiger partial charge >= 0.3 is 0 Å². The molecular formula is C20H24O2. The summed E-state index contributed by atoms with van der Waals surface area (Å²) in [7, 11) is 0. The number of ether oxygens (including phenoxy) is 2. The normalized spacial score (nSPS) is 18.5. The minimum absolute atomic E-state index is 0.0359. The maximum absolute atomic E-state index is 6.28. The zero-order valence-corrected chi connectivity index (χ0v) is 13.0. The Morgan fingerprint density at radius 1 is 0.864 bits per heavy atom. The second-order valence-corrected chi connectivity index (χ2v) is 5.93. The van der Waals surface area contributed by atoms with E-state index in [2.05, 4.69) is 60.7 Å². The Labute approximate surface area is 133 Å². The monoisotopic (exact) mass is 296 g/mol. The molecule has 1 aliphatic heterocycles. The molecule has 2 heteroatoms. The maximum Gasteiger partial charge on any atom is 0.157 e. The van der Waals surface area contributed by atoms with Crippen LogP contribution in [-0.2, 0) is 22.3 Å². The molecule has 1 aliphatic rings. The fraction of sp³-hybridized carbons (Fsp3) is 0.400. The molecule has 22 heavy (non-hydrogen) atoms. The van der Waals surface area contributed by atoms with Gasteiger partial charge in [0.25, 0.3) is 0 Å². The lowest BCUT2D eigenvalue weighted by molar-refractivity contribution is -0.187. The first-order chi connectivity index (χ1) is 10.9. The smallest absolute Gasteiger partial charge is 0.157 e. The molecule has 0 amide bonds. The number of hydrogen-bond donors (Lipinski definition) is 0. The van der Waals surface area contributed by atoms with Gasteiger partial charge < -0.3 is 9.47 Å². The third kappa shape index (κ3) is 4.69. The van der Waals surface area contributed by atoms with Gasteiger partial charge in [-0.05, 0) is 43.2 Å². The lowest BCUT2D eigenvalue weighted by Gasteiger charge is -2.28. The molecule has 1 atom stereocenters. The van der Waals surface area contributed by atoms with Crippen molar-refractivity contribution in [3.63, 3.8) is 0 Å². The molecule has 2 nitrogen and oxygen atoms in total. The largest absolute Gasteiger partial charge is 0.353 e. The molecule has 1 saturated heterocycles. The highest BCUT2D eigenvalue weighted by Gasteiger charge is 2.20. The number of benzene rings is 2. The molecule has 0 bridgehead atoms. The molecule has 0 aliphatic carbocycles. The Morgan fingerprint density at radius 3 is 1.95 bits per heavy atom. The van der Waals surface area contributed by atoms with Gasteiger partial charge in [0.2, 0.25) is 0 Å². The van der Waals surface area contributed by atoms with E-state index < -0.39 is 0 Å². The van der Waals surface area contributed by atoms with Crippen LogP contribution >= 0.6 is 0 Å². The van der Waals surface area contributed by atoms with E-state index in [1.807, 2.05) is 0 Å². The van der Waals surface area contributed by atoms with Crippen molar-refractivity contribution in [1.29, 1.82) is 0 Å². The van der Waals surface area contributed by atoms with Crippen LogP contribution in [0.5, 0.6) is 0 Å². The zero-order chi connectivity index (χ0) is 15.0. The molecule has 1 heterocycles. The highest BCUT2D eigenvalue weighted by atomic mass is 16.7. The summed E-state index contributed by atoms with van der Waals surface area (Å²) in [5.74, 6) is 0. The summed E-state index contributed by atoms with van der Waals surface area (Å²) in [4.78, 5) is 0. The van der Waals surface area contributed by atoms with Crippen molar-refractivity contribution in [3.05, 3.63) is 71.8 Å².